The third-order valence-corrected chi connectivity index (χ3v) is 3.31. The Balaban J connectivity index is 1.69. The molecule has 0 spiro atoms. The van der Waals surface area contributed by atoms with Crippen LogP contribution in [-0.4, -0.2) is 30.1 Å². The van der Waals surface area contributed by atoms with Crippen molar-refractivity contribution in [2.45, 2.75) is 25.0 Å². The largest absolute Gasteiger partial charge is 0.293 e. The van der Waals surface area contributed by atoms with Gasteiger partial charge in [-0.25, -0.2) is 5.32 Å². The Morgan fingerprint density at radius 3 is 2.79 bits per heavy atom. The smallest absolute Gasteiger partial charge is 0.0389 e. The van der Waals surface area contributed by atoms with E-state index in [1.165, 1.54) is 18.5 Å². The molecule has 73 valence electrons. The second-order valence-electron chi connectivity index (χ2n) is 4.32. The maximum Gasteiger partial charge on any atom is 0.0389 e. The molecule has 1 aromatic rings. The molecule has 14 heavy (non-hydrogen) atoms. The predicted molar refractivity (Wildman–Crippen MR) is 56.0 cm³/mol. The molecule has 3 rings (SSSR count). The quantitative estimate of drug-likeness (QED) is 0.681. The van der Waals surface area contributed by atoms with E-state index in [1.54, 1.807) is 0 Å². The lowest BCUT2D eigenvalue weighted by Crippen LogP contribution is -2.39. The minimum Gasteiger partial charge on any atom is -0.293 e. The van der Waals surface area contributed by atoms with Crippen LogP contribution in [0.2, 0.25) is 0 Å². The topological polar surface area (TPSA) is 17.3 Å². The van der Waals surface area contributed by atoms with E-state index in [-0.39, 0.29) is 0 Å². The van der Waals surface area contributed by atoms with Crippen LogP contribution in [0.25, 0.3) is 0 Å². The Kier molecular flexibility index (Phi) is 2.03. The zero-order chi connectivity index (χ0) is 9.38. The maximum atomic E-state index is 4.55. The molecule has 0 aromatic heterocycles. The second-order valence-corrected chi connectivity index (χ2v) is 4.32. The van der Waals surface area contributed by atoms with Crippen molar-refractivity contribution in [2.24, 2.45) is 0 Å². The Morgan fingerprint density at radius 1 is 1.29 bits per heavy atom. The van der Waals surface area contributed by atoms with Gasteiger partial charge in [0.2, 0.25) is 0 Å². The number of piperazine rings is 1. The van der Waals surface area contributed by atoms with E-state index < -0.39 is 0 Å². The summed E-state index contributed by atoms with van der Waals surface area (Å²) in [5.74, 6) is 0. The Bertz CT molecular complexity index is 309. The average molecular weight is 187 g/mol. The SMILES string of the molecule is c1ccc(CN2CC3CC2C[N]3)cc1. The molecule has 1 aromatic carbocycles. The summed E-state index contributed by atoms with van der Waals surface area (Å²) in [6, 6.07) is 12.1. The summed E-state index contributed by atoms with van der Waals surface area (Å²) in [4.78, 5) is 2.58. The summed E-state index contributed by atoms with van der Waals surface area (Å²) in [6.45, 7) is 3.36. The number of benzene rings is 1. The Labute approximate surface area is 84.9 Å². The van der Waals surface area contributed by atoms with Crippen LogP contribution in [0, 0.1) is 0 Å². The lowest BCUT2D eigenvalue weighted by Gasteiger charge is -2.26. The van der Waals surface area contributed by atoms with Gasteiger partial charge < -0.3 is 0 Å². The molecular formula is C12H15N2. The van der Waals surface area contributed by atoms with Crippen molar-refractivity contribution in [2.75, 3.05) is 13.1 Å². The van der Waals surface area contributed by atoms with Gasteiger partial charge in [0.1, 0.15) is 0 Å². The highest BCUT2D eigenvalue weighted by molar-refractivity contribution is 5.15. The number of fused-ring (bicyclic) bond motifs is 2. The van der Waals surface area contributed by atoms with Gasteiger partial charge in [-0.1, -0.05) is 30.3 Å². The third kappa shape index (κ3) is 1.45. The van der Waals surface area contributed by atoms with Gasteiger partial charge in [-0.05, 0) is 12.0 Å². The van der Waals surface area contributed by atoms with Gasteiger partial charge in [0.25, 0.3) is 0 Å². The summed E-state index contributed by atoms with van der Waals surface area (Å²) in [5.41, 5.74) is 1.43. The van der Waals surface area contributed by atoms with Gasteiger partial charge in [0.15, 0.2) is 0 Å². The predicted octanol–water partition coefficient (Wildman–Crippen LogP) is 1.25. The van der Waals surface area contributed by atoms with Crippen molar-refractivity contribution >= 4 is 0 Å². The molecule has 2 heterocycles. The zero-order valence-electron chi connectivity index (χ0n) is 8.26. The van der Waals surface area contributed by atoms with Crippen molar-refractivity contribution in [3.05, 3.63) is 35.9 Å². The first kappa shape index (κ1) is 8.45. The van der Waals surface area contributed by atoms with Gasteiger partial charge in [0, 0.05) is 31.7 Å². The zero-order valence-corrected chi connectivity index (χ0v) is 8.26. The normalized spacial score (nSPS) is 31.1. The minimum absolute atomic E-state index is 0.642. The lowest BCUT2D eigenvalue weighted by atomic mass is 10.2. The van der Waals surface area contributed by atoms with Crippen LogP contribution < -0.4 is 5.32 Å². The van der Waals surface area contributed by atoms with Crippen molar-refractivity contribution in [1.82, 2.24) is 10.2 Å². The molecule has 2 aliphatic heterocycles. The Hall–Kier alpha value is -0.860. The van der Waals surface area contributed by atoms with E-state index in [9.17, 15) is 0 Å². The van der Waals surface area contributed by atoms with E-state index in [0.717, 1.165) is 19.1 Å². The van der Waals surface area contributed by atoms with Crippen LogP contribution in [0.3, 0.4) is 0 Å². The monoisotopic (exact) mass is 187 g/mol. The lowest BCUT2D eigenvalue weighted by molar-refractivity contribution is 0.216. The number of nitrogens with zero attached hydrogens (tertiary/aromatic N) is 2. The van der Waals surface area contributed by atoms with Crippen LogP contribution in [0.5, 0.6) is 0 Å². The van der Waals surface area contributed by atoms with E-state index >= 15 is 0 Å². The first-order valence-electron chi connectivity index (χ1n) is 5.36. The highest BCUT2D eigenvalue weighted by Gasteiger charge is 2.38. The summed E-state index contributed by atoms with van der Waals surface area (Å²) in [7, 11) is 0. The van der Waals surface area contributed by atoms with Crippen LogP contribution in [0.15, 0.2) is 30.3 Å². The maximum absolute atomic E-state index is 4.55. The van der Waals surface area contributed by atoms with Crippen LogP contribution in [-0.2, 0) is 6.54 Å². The molecule has 1 radical (unpaired) electrons. The molecular weight excluding hydrogens is 172 g/mol. The standard InChI is InChI=1S/C12H15N2/c1-2-4-10(5-3-1)8-14-9-11-6-12(14)7-13-11/h1-5,11-12H,6-9H2. The van der Waals surface area contributed by atoms with Crippen molar-refractivity contribution in [3.8, 4) is 0 Å². The van der Waals surface area contributed by atoms with Gasteiger partial charge in [-0.15, -0.1) is 0 Å². The molecule has 2 atom stereocenters. The summed E-state index contributed by atoms with van der Waals surface area (Å²) in [5, 5.41) is 4.55. The van der Waals surface area contributed by atoms with E-state index in [1.807, 2.05) is 0 Å². The van der Waals surface area contributed by atoms with Gasteiger partial charge >= 0.3 is 0 Å². The van der Waals surface area contributed by atoms with Crippen molar-refractivity contribution in [3.63, 3.8) is 0 Å². The molecule has 2 unspecified atom stereocenters. The number of hydrogen-bond acceptors (Lipinski definition) is 1. The molecule has 2 saturated heterocycles. The summed E-state index contributed by atoms with van der Waals surface area (Å²) in [6.07, 6.45) is 1.30. The fraction of sp³-hybridized carbons (Fsp3) is 0.500. The van der Waals surface area contributed by atoms with Gasteiger partial charge in [-0.3, -0.25) is 4.90 Å². The van der Waals surface area contributed by atoms with Gasteiger partial charge in [-0.2, -0.15) is 0 Å². The van der Waals surface area contributed by atoms with Crippen molar-refractivity contribution in [1.29, 1.82) is 0 Å². The fourth-order valence-electron chi connectivity index (χ4n) is 2.56. The molecule has 2 nitrogen and oxygen atoms in total. The first-order chi connectivity index (χ1) is 6.92. The third-order valence-electron chi connectivity index (χ3n) is 3.31. The number of likely N-dealkylation sites (tertiary alicyclic amines) is 1. The molecule has 2 heteroatoms. The highest BCUT2D eigenvalue weighted by Crippen LogP contribution is 2.25. The molecule has 0 saturated carbocycles. The number of hydrogen-bond donors (Lipinski definition) is 0. The molecule has 0 aliphatic carbocycles. The number of rotatable bonds is 2. The van der Waals surface area contributed by atoms with E-state index in [4.69, 9.17) is 0 Å². The first-order valence-corrected chi connectivity index (χ1v) is 5.36. The summed E-state index contributed by atoms with van der Waals surface area (Å²) >= 11 is 0. The molecule has 2 fully saturated rings. The Morgan fingerprint density at radius 2 is 2.14 bits per heavy atom. The van der Waals surface area contributed by atoms with E-state index in [2.05, 4.69) is 40.5 Å². The minimum atomic E-state index is 0.642. The molecule has 2 bridgehead atoms. The fourth-order valence-corrected chi connectivity index (χ4v) is 2.56. The second kappa shape index (κ2) is 3.37. The molecule has 0 N–H and O–H groups in total. The molecule has 0 amide bonds. The van der Waals surface area contributed by atoms with Crippen LogP contribution in [0.4, 0.5) is 0 Å². The van der Waals surface area contributed by atoms with E-state index in [0.29, 0.717) is 6.04 Å². The van der Waals surface area contributed by atoms with Gasteiger partial charge in [0.05, 0.1) is 0 Å². The van der Waals surface area contributed by atoms with Crippen molar-refractivity contribution < 1.29 is 0 Å². The average Bonchev–Trinajstić information content (AvgIpc) is 2.81. The highest BCUT2D eigenvalue weighted by atomic mass is 15.3. The van der Waals surface area contributed by atoms with Crippen LogP contribution in [0.1, 0.15) is 12.0 Å². The van der Waals surface area contributed by atoms with Crippen LogP contribution >= 0.6 is 0 Å². The molecule has 2 aliphatic rings. The summed E-state index contributed by atoms with van der Waals surface area (Å²) < 4.78 is 0.